The molecule has 0 aliphatic carbocycles. The van der Waals surface area contributed by atoms with Gasteiger partial charge in [0.05, 0.1) is 0 Å². The number of hydrogen-bond donors (Lipinski definition) is 0. The molecule has 1 aromatic heterocycles. The Morgan fingerprint density at radius 1 is 1.04 bits per heavy atom. The maximum Gasteiger partial charge on any atom is 0.336 e. The van der Waals surface area contributed by atoms with Crippen LogP contribution < -0.4 is 15.1 Å². The molecule has 6 nitrogen and oxygen atoms in total. The normalized spacial score (nSPS) is 13.7. The molecule has 0 fully saturated rings. The molecule has 0 aliphatic heterocycles. The molecule has 0 spiro atoms. The first-order valence-corrected chi connectivity index (χ1v) is 8.10. The number of fused-ring (bicyclic) bond motifs is 1. The standard InChI is InChI=1S/C18H24O6/c1-6-20-12(4)22-15-9-8-14-11(3)10-16(19)24-17(14)18(15)23-13(5)21-7-2/h8-10,12-13H,6-7H2,1-5H3. The molecule has 0 aliphatic rings. The van der Waals surface area contributed by atoms with E-state index in [-0.39, 0.29) is 0 Å². The molecular formula is C18H24O6. The molecule has 1 heterocycles. The van der Waals surface area contributed by atoms with Crippen molar-refractivity contribution in [2.45, 2.75) is 47.2 Å². The van der Waals surface area contributed by atoms with Gasteiger partial charge < -0.3 is 23.4 Å². The molecule has 6 heteroatoms. The Bertz CT molecular complexity index is 736. The number of rotatable bonds is 8. The van der Waals surface area contributed by atoms with Crippen LogP contribution in [0.15, 0.2) is 27.4 Å². The van der Waals surface area contributed by atoms with Gasteiger partial charge in [0.1, 0.15) is 0 Å². The van der Waals surface area contributed by atoms with Crippen molar-refractivity contribution < 1.29 is 23.4 Å². The number of aryl methyl sites for hydroxylation is 1. The zero-order chi connectivity index (χ0) is 17.7. The van der Waals surface area contributed by atoms with Crippen molar-refractivity contribution in [3.63, 3.8) is 0 Å². The summed E-state index contributed by atoms with van der Waals surface area (Å²) in [5.41, 5.74) is 0.705. The molecule has 1 aromatic carbocycles. The summed E-state index contributed by atoms with van der Waals surface area (Å²) in [6.07, 6.45) is -0.982. The highest BCUT2D eigenvalue weighted by molar-refractivity contribution is 5.87. The van der Waals surface area contributed by atoms with Gasteiger partial charge in [0.15, 0.2) is 23.9 Å². The molecule has 24 heavy (non-hydrogen) atoms. The van der Waals surface area contributed by atoms with E-state index >= 15 is 0 Å². The Morgan fingerprint density at radius 3 is 2.29 bits per heavy atom. The van der Waals surface area contributed by atoms with E-state index in [4.69, 9.17) is 23.4 Å². The Hall–Kier alpha value is -2.05. The summed E-state index contributed by atoms with van der Waals surface area (Å²) in [7, 11) is 0. The molecule has 0 bridgehead atoms. The molecule has 0 radical (unpaired) electrons. The highest BCUT2D eigenvalue weighted by Gasteiger charge is 2.19. The van der Waals surface area contributed by atoms with Gasteiger partial charge in [-0.2, -0.15) is 0 Å². The van der Waals surface area contributed by atoms with Gasteiger partial charge in [0, 0.05) is 24.7 Å². The maximum atomic E-state index is 11.8. The van der Waals surface area contributed by atoms with Gasteiger partial charge in [-0.1, -0.05) is 0 Å². The number of hydrogen-bond acceptors (Lipinski definition) is 6. The minimum atomic E-state index is -0.517. The first-order valence-electron chi connectivity index (χ1n) is 8.10. The average Bonchev–Trinajstić information content (AvgIpc) is 2.50. The van der Waals surface area contributed by atoms with Gasteiger partial charge in [-0.15, -0.1) is 0 Å². The third-order valence-corrected chi connectivity index (χ3v) is 3.42. The molecule has 2 unspecified atom stereocenters. The van der Waals surface area contributed by atoms with Gasteiger partial charge >= 0.3 is 5.63 Å². The van der Waals surface area contributed by atoms with E-state index in [0.29, 0.717) is 30.3 Å². The van der Waals surface area contributed by atoms with Crippen LogP contribution in [0.3, 0.4) is 0 Å². The van der Waals surface area contributed by atoms with Crippen LogP contribution in [-0.4, -0.2) is 25.8 Å². The van der Waals surface area contributed by atoms with E-state index < -0.39 is 18.2 Å². The third kappa shape index (κ3) is 4.27. The van der Waals surface area contributed by atoms with Crippen LogP contribution in [0, 0.1) is 6.92 Å². The predicted octanol–water partition coefficient (Wildman–Crippen LogP) is 3.62. The summed E-state index contributed by atoms with van der Waals surface area (Å²) in [6.45, 7) is 10.2. The van der Waals surface area contributed by atoms with Crippen molar-refractivity contribution in [1.82, 2.24) is 0 Å². The van der Waals surface area contributed by atoms with E-state index in [1.54, 1.807) is 19.9 Å². The van der Waals surface area contributed by atoms with Gasteiger partial charge in [0.25, 0.3) is 0 Å². The second-order valence-electron chi connectivity index (χ2n) is 5.30. The number of ether oxygens (including phenoxy) is 4. The minimum Gasteiger partial charge on any atom is -0.461 e. The molecule has 132 valence electrons. The monoisotopic (exact) mass is 336 g/mol. The van der Waals surface area contributed by atoms with Gasteiger partial charge in [0.2, 0.25) is 5.75 Å². The maximum absolute atomic E-state index is 11.8. The predicted molar refractivity (Wildman–Crippen MR) is 90.7 cm³/mol. The van der Waals surface area contributed by atoms with Crippen LogP contribution in [0.5, 0.6) is 11.5 Å². The van der Waals surface area contributed by atoms with Gasteiger partial charge in [-0.25, -0.2) is 4.79 Å². The second-order valence-corrected chi connectivity index (χ2v) is 5.30. The van der Waals surface area contributed by atoms with Crippen molar-refractivity contribution in [2.24, 2.45) is 0 Å². The van der Waals surface area contributed by atoms with E-state index in [1.807, 2.05) is 26.8 Å². The average molecular weight is 336 g/mol. The zero-order valence-corrected chi connectivity index (χ0v) is 14.8. The molecule has 2 aromatic rings. The van der Waals surface area contributed by atoms with E-state index in [9.17, 15) is 4.79 Å². The fourth-order valence-corrected chi connectivity index (χ4v) is 2.43. The first kappa shape index (κ1) is 18.3. The summed E-state index contributed by atoms with van der Waals surface area (Å²) in [6, 6.07) is 5.06. The second kappa shape index (κ2) is 8.17. The molecule has 0 saturated carbocycles. The van der Waals surface area contributed by atoms with Crippen LogP contribution in [0.1, 0.15) is 33.3 Å². The fourth-order valence-electron chi connectivity index (χ4n) is 2.43. The summed E-state index contributed by atoms with van der Waals surface area (Å²) < 4.78 is 27.9. The summed E-state index contributed by atoms with van der Waals surface area (Å²) in [5, 5.41) is 0.782. The van der Waals surface area contributed by atoms with Crippen molar-refractivity contribution in [2.75, 3.05) is 13.2 Å². The lowest BCUT2D eigenvalue weighted by molar-refractivity contribution is -0.0763. The topological polar surface area (TPSA) is 67.1 Å². The van der Waals surface area contributed by atoms with Crippen LogP contribution >= 0.6 is 0 Å². The van der Waals surface area contributed by atoms with Crippen molar-refractivity contribution in [3.05, 3.63) is 34.2 Å². The molecule has 0 N–H and O–H groups in total. The molecular weight excluding hydrogens is 312 g/mol. The smallest absolute Gasteiger partial charge is 0.336 e. The largest absolute Gasteiger partial charge is 0.461 e. The Kier molecular flexibility index (Phi) is 6.23. The highest BCUT2D eigenvalue weighted by Crippen LogP contribution is 2.37. The Balaban J connectivity index is 2.53. The van der Waals surface area contributed by atoms with Crippen LogP contribution in [0.4, 0.5) is 0 Å². The SMILES string of the molecule is CCOC(C)Oc1ccc2c(C)cc(=O)oc2c1OC(C)OCC. The Labute approximate surface area is 141 Å². The minimum absolute atomic E-state index is 0.334. The lowest BCUT2D eigenvalue weighted by atomic mass is 10.1. The van der Waals surface area contributed by atoms with E-state index in [0.717, 1.165) is 10.9 Å². The van der Waals surface area contributed by atoms with Gasteiger partial charge in [-0.05, 0) is 52.3 Å². The molecule has 2 atom stereocenters. The quantitative estimate of drug-likeness (QED) is 0.542. The summed E-state index contributed by atoms with van der Waals surface area (Å²) >= 11 is 0. The van der Waals surface area contributed by atoms with E-state index in [1.165, 1.54) is 6.07 Å². The molecule has 0 saturated heterocycles. The highest BCUT2D eigenvalue weighted by atomic mass is 16.7. The molecule has 2 rings (SSSR count). The van der Waals surface area contributed by atoms with Crippen LogP contribution in [0.25, 0.3) is 11.0 Å². The fraction of sp³-hybridized carbons (Fsp3) is 0.500. The lowest BCUT2D eigenvalue weighted by Gasteiger charge is -2.21. The zero-order valence-electron chi connectivity index (χ0n) is 14.8. The lowest BCUT2D eigenvalue weighted by Crippen LogP contribution is -2.20. The molecule has 0 amide bonds. The first-order chi connectivity index (χ1) is 11.5. The summed E-state index contributed by atoms with van der Waals surface area (Å²) in [5.74, 6) is 0.768. The van der Waals surface area contributed by atoms with Crippen molar-refractivity contribution in [3.8, 4) is 11.5 Å². The number of benzene rings is 1. The summed E-state index contributed by atoms with van der Waals surface area (Å²) in [4.78, 5) is 11.8. The van der Waals surface area contributed by atoms with Crippen LogP contribution in [-0.2, 0) is 9.47 Å². The van der Waals surface area contributed by atoms with Crippen molar-refractivity contribution >= 4 is 11.0 Å². The van der Waals surface area contributed by atoms with Gasteiger partial charge in [-0.3, -0.25) is 0 Å². The van der Waals surface area contributed by atoms with Crippen LogP contribution in [0.2, 0.25) is 0 Å². The van der Waals surface area contributed by atoms with E-state index in [2.05, 4.69) is 0 Å². The third-order valence-electron chi connectivity index (χ3n) is 3.42. The Morgan fingerprint density at radius 2 is 1.67 bits per heavy atom. The van der Waals surface area contributed by atoms with Crippen molar-refractivity contribution in [1.29, 1.82) is 0 Å².